The Kier molecular flexibility index (Phi) is 5.42. The van der Waals surface area contributed by atoms with Gasteiger partial charge in [0.05, 0.1) is 6.54 Å². The van der Waals surface area contributed by atoms with E-state index in [2.05, 4.69) is 4.98 Å². The molecule has 0 radical (unpaired) electrons. The van der Waals surface area contributed by atoms with Crippen molar-refractivity contribution < 1.29 is 19.4 Å². The minimum absolute atomic E-state index is 0.0765. The number of Topliss-reactive ketones (excluding diaryl/α,β-unsaturated/α-hetero) is 1. The van der Waals surface area contributed by atoms with Crippen molar-refractivity contribution in [3.63, 3.8) is 0 Å². The quantitative estimate of drug-likeness (QED) is 0.728. The molecule has 2 heterocycles. The van der Waals surface area contributed by atoms with E-state index in [4.69, 9.17) is 15.3 Å². The Morgan fingerprint density at radius 3 is 2.62 bits per heavy atom. The molecular formula is C22H25N3O4. The first kappa shape index (κ1) is 20.5. The minimum Gasteiger partial charge on any atom is -0.482 e. The number of aliphatic carboxylic acids is 1. The van der Waals surface area contributed by atoms with Crippen LogP contribution < -0.4 is 4.74 Å². The van der Waals surface area contributed by atoms with Gasteiger partial charge in [-0.05, 0) is 36.6 Å². The molecule has 0 spiro atoms. The summed E-state index contributed by atoms with van der Waals surface area (Å²) < 4.78 is 5.40. The molecule has 3 rings (SSSR count). The lowest BCUT2D eigenvalue weighted by atomic mass is 9.85. The molecule has 0 fully saturated rings. The predicted molar refractivity (Wildman–Crippen MR) is 109 cm³/mol. The summed E-state index contributed by atoms with van der Waals surface area (Å²) in [5.41, 5.74) is 3.36. The number of pyridine rings is 1. The molecule has 29 heavy (non-hydrogen) atoms. The van der Waals surface area contributed by atoms with E-state index in [1.165, 1.54) is 0 Å². The van der Waals surface area contributed by atoms with Crippen LogP contribution in [0.5, 0.6) is 5.75 Å². The minimum atomic E-state index is -1.05. The summed E-state index contributed by atoms with van der Waals surface area (Å²) >= 11 is 0. The number of amidine groups is 1. The Morgan fingerprint density at radius 1 is 1.24 bits per heavy atom. The summed E-state index contributed by atoms with van der Waals surface area (Å²) in [5.74, 6) is -0.456. The number of ether oxygens (including phenoxy) is 1. The molecule has 0 saturated carbocycles. The van der Waals surface area contributed by atoms with Crippen molar-refractivity contribution in [1.82, 2.24) is 9.88 Å². The van der Waals surface area contributed by atoms with Gasteiger partial charge in [-0.15, -0.1) is 0 Å². The van der Waals surface area contributed by atoms with Crippen molar-refractivity contribution in [3.8, 4) is 5.75 Å². The molecule has 2 N–H and O–H groups in total. The third-order valence-electron chi connectivity index (χ3n) is 4.81. The van der Waals surface area contributed by atoms with Crippen molar-refractivity contribution >= 4 is 17.6 Å². The largest absolute Gasteiger partial charge is 0.482 e. The number of nitrogens with one attached hydrogen (secondary N) is 1. The molecule has 0 atom stereocenters. The molecule has 1 aliphatic rings. The first-order valence-electron chi connectivity index (χ1n) is 9.39. The lowest BCUT2D eigenvalue weighted by molar-refractivity contribution is -0.139. The summed E-state index contributed by atoms with van der Waals surface area (Å²) in [6, 6.07) is 8.90. The van der Waals surface area contributed by atoms with Gasteiger partial charge in [-0.3, -0.25) is 10.2 Å². The number of fused-ring (bicyclic) bond motifs is 1. The van der Waals surface area contributed by atoms with Crippen molar-refractivity contribution in [1.29, 1.82) is 5.41 Å². The summed E-state index contributed by atoms with van der Waals surface area (Å²) in [6.45, 7) is 7.93. The summed E-state index contributed by atoms with van der Waals surface area (Å²) in [7, 11) is 0. The third kappa shape index (κ3) is 4.45. The molecule has 7 heteroatoms. The van der Waals surface area contributed by atoms with Gasteiger partial charge in [0.25, 0.3) is 0 Å². The number of benzene rings is 1. The summed E-state index contributed by atoms with van der Waals surface area (Å²) in [4.78, 5) is 29.9. The average Bonchev–Trinajstić information content (AvgIpc) is 2.94. The molecule has 1 aromatic carbocycles. The molecule has 2 aromatic rings. The maximum Gasteiger partial charge on any atom is 0.341 e. The number of carbonyl (C=O) groups is 2. The van der Waals surface area contributed by atoms with Crippen LogP contribution in [0.1, 0.15) is 53.6 Å². The van der Waals surface area contributed by atoms with Crippen LogP contribution in [0.4, 0.5) is 0 Å². The smallest absolute Gasteiger partial charge is 0.341 e. The van der Waals surface area contributed by atoms with Crippen LogP contribution in [-0.2, 0) is 16.8 Å². The number of rotatable bonds is 6. The molecule has 0 amide bonds. The van der Waals surface area contributed by atoms with Crippen LogP contribution >= 0.6 is 0 Å². The van der Waals surface area contributed by atoms with Gasteiger partial charge in [0.15, 0.2) is 12.4 Å². The molecular weight excluding hydrogens is 370 g/mol. The number of carboxylic acids is 1. The van der Waals surface area contributed by atoms with Gasteiger partial charge in [0, 0.05) is 28.9 Å². The number of carboxylic acid groups (broad SMARTS) is 1. The standard InChI is InChI=1S/C22H25N3O4/c1-13-5-6-15-10-25(21(23)20(15)24-13)11-17(26)14-7-8-18(29-12-19(27)28)16(9-14)22(2,3)4/h5-9,23H,10-12H2,1-4H3,(H,27,28). The Balaban J connectivity index is 1.81. The maximum atomic E-state index is 12.9. The zero-order valence-electron chi connectivity index (χ0n) is 17.1. The number of hydrogen-bond acceptors (Lipinski definition) is 5. The topological polar surface area (TPSA) is 104 Å². The van der Waals surface area contributed by atoms with E-state index >= 15 is 0 Å². The fourth-order valence-electron chi connectivity index (χ4n) is 3.31. The van der Waals surface area contributed by atoms with Crippen molar-refractivity contribution in [3.05, 3.63) is 58.4 Å². The monoisotopic (exact) mass is 395 g/mol. The van der Waals surface area contributed by atoms with Gasteiger partial charge < -0.3 is 14.7 Å². The van der Waals surface area contributed by atoms with Crippen LogP contribution in [0.25, 0.3) is 0 Å². The Hall–Kier alpha value is -3.22. The fourth-order valence-corrected chi connectivity index (χ4v) is 3.31. The van der Waals surface area contributed by atoms with Crippen molar-refractivity contribution in [2.24, 2.45) is 0 Å². The van der Waals surface area contributed by atoms with Gasteiger partial charge in [0.1, 0.15) is 17.3 Å². The third-order valence-corrected chi connectivity index (χ3v) is 4.81. The van der Waals surface area contributed by atoms with E-state index in [-0.39, 0.29) is 23.6 Å². The van der Waals surface area contributed by atoms with E-state index in [9.17, 15) is 9.59 Å². The SMILES string of the molecule is Cc1ccc2c(n1)C(=N)N(CC(=O)c1ccc(OCC(=O)O)c(C(C)(C)C)c1)C2. The van der Waals surface area contributed by atoms with Crippen LogP contribution in [0.15, 0.2) is 30.3 Å². The number of ketones is 1. The van der Waals surface area contributed by atoms with Crippen LogP contribution in [0, 0.1) is 12.3 Å². The van der Waals surface area contributed by atoms with Crippen LogP contribution in [0.3, 0.4) is 0 Å². The highest BCUT2D eigenvalue weighted by Gasteiger charge is 2.28. The van der Waals surface area contributed by atoms with E-state index in [1.54, 1.807) is 23.1 Å². The first-order chi connectivity index (χ1) is 13.6. The van der Waals surface area contributed by atoms with Crippen LogP contribution in [0.2, 0.25) is 0 Å². The molecule has 1 aromatic heterocycles. The number of carbonyl (C=O) groups excluding carboxylic acids is 1. The van der Waals surface area contributed by atoms with Gasteiger partial charge in [-0.1, -0.05) is 26.8 Å². The molecule has 7 nitrogen and oxygen atoms in total. The lowest BCUT2D eigenvalue weighted by Gasteiger charge is -2.24. The second-order valence-electron chi connectivity index (χ2n) is 8.23. The second-order valence-corrected chi connectivity index (χ2v) is 8.23. The highest BCUT2D eigenvalue weighted by atomic mass is 16.5. The van der Waals surface area contributed by atoms with E-state index < -0.39 is 12.6 Å². The molecule has 1 aliphatic heterocycles. The highest BCUT2D eigenvalue weighted by Crippen LogP contribution is 2.32. The normalized spacial score (nSPS) is 13.4. The van der Waals surface area contributed by atoms with Gasteiger partial charge in [0.2, 0.25) is 0 Å². The molecule has 0 saturated heterocycles. The van der Waals surface area contributed by atoms with Gasteiger partial charge in [-0.2, -0.15) is 0 Å². The number of nitrogens with zero attached hydrogens (tertiary/aromatic N) is 2. The second kappa shape index (κ2) is 7.66. The Morgan fingerprint density at radius 2 is 1.97 bits per heavy atom. The lowest BCUT2D eigenvalue weighted by Crippen LogP contribution is -2.30. The van der Waals surface area contributed by atoms with Crippen molar-refractivity contribution in [2.75, 3.05) is 13.2 Å². The number of aryl methyl sites for hydroxylation is 1. The first-order valence-corrected chi connectivity index (χ1v) is 9.39. The number of aromatic nitrogens is 1. The van der Waals surface area contributed by atoms with Crippen LogP contribution in [-0.4, -0.2) is 45.7 Å². The molecule has 0 bridgehead atoms. The fraction of sp³-hybridized carbons (Fsp3) is 0.364. The predicted octanol–water partition coefficient (Wildman–Crippen LogP) is 3.17. The van der Waals surface area contributed by atoms with Gasteiger partial charge in [-0.25, -0.2) is 9.78 Å². The van der Waals surface area contributed by atoms with E-state index in [0.29, 0.717) is 23.6 Å². The maximum absolute atomic E-state index is 12.9. The van der Waals surface area contributed by atoms with E-state index in [1.807, 2.05) is 39.8 Å². The van der Waals surface area contributed by atoms with Gasteiger partial charge >= 0.3 is 5.97 Å². The van der Waals surface area contributed by atoms with Crippen molar-refractivity contribution in [2.45, 2.75) is 39.7 Å². The zero-order chi connectivity index (χ0) is 21.3. The number of hydrogen-bond donors (Lipinski definition) is 2. The molecule has 0 unspecified atom stereocenters. The zero-order valence-corrected chi connectivity index (χ0v) is 17.1. The Bertz CT molecular complexity index is 992. The molecule has 152 valence electrons. The highest BCUT2D eigenvalue weighted by molar-refractivity contribution is 6.04. The Labute approximate surface area is 169 Å². The summed E-state index contributed by atoms with van der Waals surface area (Å²) in [5, 5.41) is 17.2. The molecule has 0 aliphatic carbocycles. The summed E-state index contributed by atoms with van der Waals surface area (Å²) in [6.07, 6.45) is 0. The average molecular weight is 395 g/mol. The van der Waals surface area contributed by atoms with E-state index in [0.717, 1.165) is 16.8 Å².